The maximum atomic E-state index is 13.6. The Hall–Kier alpha value is -0.610. The molecule has 2 rings (SSSR count). The third-order valence-electron chi connectivity index (χ3n) is 4.34. The van der Waals surface area contributed by atoms with Gasteiger partial charge in [-0.25, -0.2) is 4.39 Å². The molecule has 0 bridgehead atoms. The largest absolute Gasteiger partial charge is 0.370 e. The summed E-state index contributed by atoms with van der Waals surface area (Å²) in [4.78, 5) is 2.40. The van der Waals surface area contributed by atoms with Gasteiger partial charge in [-0.3, -0.25) is 0 Å². The van der Waals surface area contributed by atoms with E-state index in [4.69, 9.17) is 0 Å². The van der Waals surface area contributed by atoms with E-state index in [-0.39, 0.29) is 5.82 Å². The molecule has 0 spiro atoms. The highest BCUT2D eigenvalue weighted by Crippen LogP contribution is 2.28. The standard InChI is InChI=1S/C16H24BrFN2/c1-4-11(2)15-10-20(7-5-6-19-15)16-9-13(17)14(18)8-12(16)3/h8-9,11,15,19H,4-7,10H2,1-3H3. The number of aryl methyl sites for hydroxylation is 1. The van der Waals surface area contributed by atoms with Crippen LogP contribution < -0.4 is 10.2 Å². The quantitative estimate of drug-likeness (QED) is 0.889. The first-order valence-electron chi connectivity index (χ1n) is 7.47. The SMILES string of the molecule is CCC(C)C1CN(c2cc(Br)c(F)cc2C)CCCN1. The van der Waals surface area contributed by atoms with Crippen LogP contribution in [0, 0.1) is 18.7 Å². The van der Waals surface area contributed by atoms with Crippen molar-refractivity contribution in [3.63, 3.8) is 0 Å². The normalized spacial score (nSPS) is 21.6. The molecular weight excluding hydrogens is 319 g/mol. The van der Waals surface area contributed by atoms with Gasteiger partial charge in [-0.2, -0.15) is 0 Å². The summed E-state index contributed by atoms with van der Waals surface area (Å²) in [7, 11) is 0. The summed E-state index contributed by atoms with van der Waals surface area (Å²) in [5, 5.41) is 3.65. The van der Waals surface area contributed by atoms with Gasteiger partial charge in [0, 0.05) is 24.8 Å². The Morgan fingerprint density at radius 3 is 2.95 bits per heavy atom. The average Bonchev–Trinajstić information content (AvgIpc) is 2.68. The van der Waals surface area contributed by atoms with Gasteiger partial charge in [-0.1, -0.05) is 20.3 Å². The number of nitrogens with zero attached hydrogens (tertiary/aromatic N) is 1. The molecule has 1 saturated heterocycles. The van der Waals surface area contributed by atoms with Crippen LogP contribution in [-0.4, -0.2) is 25.7 Å². The lowest BCUT2D eigenvalue weighted by atomic mass is 9.98. The molecule has 20 heavy (non-hydrogen) atoms. The second-order valence-electron chi connectivity index (χ2n) is 5.80. The van der Waals surface area contributed by atoms with Crippen molar-refractivity contribution in [3.8, 4) is 0 Å². The van der Waals surface area contributed by atoms with E-state index in [9.17, 15) is 4.39 Å². The van der Waals surface area contributed by atoms with Crippen molar-refractivity contribution in [1.82, 2.24) is 5.32 Å². The Kier molecular flexibility index (Phi) is 5.44. The summed E-state index contributed by atoms with van der Waals surface area (Å²) in [6.45, 7) is 9.61. The molecule has 1 aliphatic rings. The molecule has 2 unspecified atom stereocenters. The van der Waals surface area contributed by atoms with Crippen molar-refractivity contribution in [2.45, 2.75) is 39.7 Å². The predicted octanol–water partition coefficient (Wildman–Crippen LogP) is 4.11. The van der Waals surface area contributed by atoms with Gasteiger partial charge in [0.1, 0.15) is 5.82 Å². The van der Waals surface area contributed by atoms with Gasteiger partial charge in [0.05, 0.1) is 4.47 Å². The van der Waals surface area contributed by atoms with E-state index in [0.717, 1.165) is 37.3 Å². The monoisotopic (exact) mass is 342 g/mol. The first-order chi connectivity index (χ1) is 9.52. The highest BCUT2D eigenvalue weighted by molar-refractivity contribution is 9.10. The average molecular weight is 343 g/mol. The van der Waals surface area contributed by atoms with Crippen LogP contribution in [0.5, 0.6) is 0 Å². The maximum absolute atomic E-state index is 13.6. The minimum atomic E-state index is -0.183. The van der Waals surface area contributed by atoms with E-state index in [1.54, 1.807) is 6.07 Å². The van der Waals surface area contributed by atoms with Crippen LogP contribution in [0.1, 0.15) is 32.3 Å². The number of anilines is 1. The van der Waals surface area contributed by atoms with Crippen molar-refractivity contribution in [2.24, 2.45) is 5.92 Å². The Morgan fingerprint density at radius 1 is 1.50 bits per heavy atom. The molecular formula is C16H24BrFN2. The van der Waals surface area contributed by atoms with Gasteiger partial charge in [-0.05, 0) is 59.4 Å². The van der Waals surface area contributed by atoms with Gasteiger partial charge in [0.15, 0.2) is 0 Å². The lowest BCUT2D eigenvalue weighted by Gasteiger charge is -2.30. The number of rotatable bonds is 3. The summed E-state index contributed by atoms with van der Waals surface area (Å²) in [6, 6.07) is 4.05. The van der Waals surface area contributed by atoms with Gasteiger partial charge >= 0.3 is 0 Å². The summed E-state index contributed by atoms with van der Waals surface area (Å²) in [5.41, 5.74) is 2.16. The molecule has 2 atom stereocenters. The van der Waals surface area contributed by atoms with E-state index in [1.165, 1.54) is 6.42 Å². The molecule has 1 fully saturated rings. The fraction of sp³-hybridized carbons (Fsp3) is 0.625. The minimum absolute atomic E-state index is 0.183. The molecule has 1 aromatic carbocycles. The molecule has 2 nitrogen and oxygen atoms in total. The first-order valence-corrected chi connectivity index (χ1v) is 8.26. The van der Waals surface area contributed by atoms with E-state index in [0.29, 0.717) is 16.4 Å². The maximum Gasteiger partial charge on any atom is 0.137 e. The third-order valence-corrected chi connectivity index (χ3v) is 4.95. The van der Waals surface area contributed by atoms with Crippen LogP contribution in [0.4, 0.5) is 10.1 Å². The third kappa shape index (κ3) is 3.53. The summed E-state index contributed by atoms with van der Waals surface area (Å²) < 4.78 is 14.1. The van der Waals surface area contributed by atoms with Crippen LogP contribution in [0.2, 0.25) is 0 Å². The molecule has 0 aromatic heterocycles. The fourth-order valence-electron chi connectivity index (χ4n) is 2.81. The minimum Gasteiger partial charge on any atom is -0.370 e. The van der Waals surface area contributed by atoms with Crippen LogP contribution >= 0.6 is 15.9 Å². The number of nitrogens with one attached hydrogen (secondary N) is 1. The molecule has 0 amide bonds. The Bertz CT molecular complexity index is 464. The van der Waals surface area contributed by atoms with Crippen molar-refractivity contribution >= 4 is 21.6 Å². The zero-order valence-electron chi connectivity index (χ0n) is 12.5. The second-order valence-corrected chi connectivity index (χ2v) is 6.65. The van der Waals surface area contributed by atoms with Crippen molar-refractivity contribution in [3.05, 3.63) is 28.0 Å². The molecule has 1 aromatic rings. The first kappa shape index (κ1) is 15.8. The Labute approximate surface area is 129 Å². The van der Waals surface area contributed by atoms with E-state index in [2.05, 4.69) is 40.0 Å². The van der Waals surface area contributed by atoms with Gasteiger partial charge in [0.25, 0.3) is 0 Å². The molecule has 4 heteroatoms. The van der Waals surface area contributed by atoms with Gasteiger partial charge in [0.2, 0.25) is 0 Å². The van der Waals surface area contributed by atoms with E-state index < -0.39 is 0 Å². The van der Waals surface area contributed by atoms with Crippen LogP contribution in [0.25, 0.3) is 0 Å². The number of hydrogen-bond acceptors (Lipinski definition) is 2. The Balaban J connectivity index is 2.24. The molecule has 1 heterocycles. The van der Waals surface area contributed by atoms with Crippen molar-refractivity contribution < 1.29 is 4.39 Å². The van der Waals surface area contributed by atoms with E-state index >= 15 is 0 Å². The number of benzene rings is 1. The van der Waals surface area contributed by atoms with Crippen molar-refractivity contribution in [1.29, 1.82) is 0 Å². The predicted molar refractivity (Wildman–Crippen MR) is 86.9 cm³/mol. The van der Waals surface area contributed by atoms with Crippen molar-refractivity contribution in [2.75, 3.05) is 24.5 Å². The van der Waals surface area contributed by atoms with E-state index in [1.807, 2.05) is 13.0 Å². The summed E-state index contributed by atoms with van der Waals surface area (Å²) in [5.74, 6) is 0.470. The van der Waals surface area contributed by atoms with Crippen LogP contribution in [-0.2, 0) is 0 Å². The number of hydrogen-bond donors (Lipinski definition) is 1. The highest BCUT2D eigenvalue weighted by atomic mass is 79.9. The smallest absolute Gasteiger partial charge is 0.137 e. The summed E-state index contributed by atoms with van der Waals surface area (Å²) in [6.07, 6.45) is 2.30. The zero-order chi connectivity index (χ0) is 14.7. The van der Waals surface area contributed by atoms with Crippen LogP contribution in [0.15, 0.2) is 16.6 Å². The lowest BCUT2D eigenvalue weighted by Crippen LogP contribution is -2.42. The molecule has 1 aliphatic heterocycles. The second kappa shape index (κ2) is 6.90. The topological polar surface area (TPSA) is 15.3 Å². The summed E-state index contributed by atoms with van der Waals surface area (Å²) >= 11 is 3.31. The Morgan fingerprint density at radius 2 is 2.25 bits per heavy atom. The lowest BCUT2D eigenvalue weighted by molar-refractivity contribution is 0.384. The highest BCUT2D eigenvalue weighted by Gasteiger charge is 2.23. The molecule has 1 N–H and O–H groups in total. The van der Waals surface area contributed by atoms with Gasteiger partial charge in [-0.15, -0.1) is 0 Å². The zero-order valence-corrected chi connectivity index (χ0v) is 14.1. The van der Waals surface area contributed by atoms with Crippen LogP contribution in [0.3, 0.4) is 0 Å². The fourth-order valence-corrected chi connectivity index (χ4v) is 3.14. The molecule has 0 saturated carbocycles. The van der Waals surface area contributed by atoms with Gasteiger partial charge < -0.3 is 10.2 Å². The number of halogens is 2. The molecule has 0 radical (unpaired) electrons. The molecule has 112 valence electrons. The molecule has 0 aliphatic carbocycles.